The summed E-state index contributed by atoms with van der Waals surface area (Å²) in [6.07, 6.45) is 5.41. The van der Waals surface area contributed by atoms with Crippen LogP contribution in [0.4, 0.5) is 0 Å². The second-order valence-corrected chi connectivity index (χ2v) is 12.4. The molecular weight excluding hydrogens is 540 g/mol. The van der Waals surface area contributed by atoms with Gasteiger partial charge in [0.2, 0.25) is 0 Å². The van der Waals surface area contributed by atoms with Crippen LogP contribution in [-0.4, -0.2) is 34.6 Å². The summed E-state index contributed by atoms with van der Waals surface area (Å²) < 4.78 is 11.9. The van der Waals surface area contributed by atoms with Crippen LogP contribution in [-0.2, 0) is 21.6 Å². The third-order valence-corrected chi connectivity index (χ3v) is 8.01. The van der Waals surface area contributed by atoms with E-state index in [1.54, 1.807) is 6.07 Å². The van der Waals surface area contributed by atoms with Gasteiger partial charge < -0.3 is 19.9 Å². The summed E-state index contributed by atoms with van der Waals surface area (Å²) in [5.41, 5.74) is 3.29. The summed E-state index contributed by atoms with van der Waals surface area (Å²) in [5.74, 6) is -0.0194. The molecule has 5 rings (SSSR count). The Hall–Kier alpha value is -4.23. The number of fused-ring (bicyclic) bond motifs is 1. The van der Waals surface area contributed by atoms with Gasteiger partial charge in [0.25, 0.3) is 5.91 Å². The van der Waals surface area contributed by atoms with Gasteiger partial charge in [0, 0.05) is 11.3 Å². The number of rotatable bonds is 10. The minimum atomic E-state index is -1.20. The van der Waals surface area contributed by atoms with E-state index in [9.17, 15) is 14.7 Å². The largest absolute Gasteiger partial charge is 0.480 e. The fourth-order valence-corrected chi connectivity index (χ4v) is 5.55. The SMILES string of the molecule is CC(C)(C)c1ccc(Oc2ccc3cc(C(=O)N[C@@H](COCc4ccccc4)C(=O)O)nc(C4CCCCC4)c3c2)cc1. The van der Waals surface area contributed by atoms with Crippen molar-refractivity contribution in [3.05, 3.63) is 101 Å². The fraction of sp³-hybridized carbons (Fsp3) is 0.361. The number of aromatic nitrogens is 1. The highest BCUT2D eigenvalue weighted by Crippen LogP contribution is 2.37. The highest BCUT2D eigenvalue weighted by atomic mass is 16.5. The number of hydrogen-bond acceptors (Lipinski definition) is 5. The quantitative estimate of drug-likeness (QED) is 0.199. The molecule has 1 amide bonds. The summed E-state index contributed by atoms with van der Waals surface area (Å²) in [6, 6.07) is 24.0. The lowest BCUT2D eigenvalue weighted by molar-refractivity contribution is -0.141. The van der Waals surface area contributed by atoms with Crippen LogP contribution in [0.3, 0.4) is 0 Å². The number of amides is 1. The predicted octanol–water partition coefficient (Wildman–Crippen LogP) is 7.77. The first-order valence-corrected chi connectivity index (χ1v) is 15.1. The van der Waals surface area contributed by atoms with Gasteiger partial charge in [-0.05, 0) is 65.1 Å². The first-order valence-electron chi connectivity index (χ1n) is 15.1. The first kappa shape index (κ1) is 30.2. The lowest BCUT2D eigenvalue weighted by Gasteiger charge is -2.23. The average Bonchev–Trinajstić information content (AvgIpc) is 3.00. The van der Waals surface area contributed by atoms with Gasteiger partial charge in [0.15, 0.2) is 6.04 Å². The smallest absolute Gasteiger partial charge is 0.328 e. The van der Waals surface area contributed by atoms with Crippen LogP contribution in [0.1, 0.15) is 86.1 Å². The van der Waals surface area contributed by atoms with Gasteiger partial charge in [0.05, 0.1) is 18.9 Å². The van der Waals surface area contributed by atoms with E-state index in [-0.39, 0.29) is 30.2 Å². The van der Waals surface area contributed by atoms with Crippen molar-refractivity contribution in [2.24, 2.45) is 0 Å². The molecule has 0 spiro atoms. The molecule has 3 aromatic carbocycles. The Morgan fingerprint density at radius 2 is 1.63 bits per heavy atom. The maximum atomic E-state index is 13.4. The van der Waals surface area contributed by atoms with E-state index in [2.05, 4.69) is 38.2 Å². The molecule has 0 unspecified atom stereocenters. The fourth-order valence-electron chi connectivity index (χ4n) is 5.55. The molecule has 7 nitrogen and oxygen atoms in total. The molecule has 7 heteroatoms. The van der Waals surface area contributed by atoms with Crippen LogP contribution in [0.25, 0.3) is 10.8 Å². The molecule has 0 radical (unpaired) electrons. The Bertz CT molecular complexity index is 1550. The number of ether oxygens (including phenoxy) is 2. The van der Waals surface area contributed by atoms with Crippen molar-refractivity contribution in [2.75, 3.05) is 6.61 Å². The van der Waals surface area contributed by atoms with E-state index in [0.29, 0.717) is 5.75 Å². The van der Waals surface area contributed by atoms with Crippen LogP contribution >= 0.6 is 0 Å². The zero-order valence-corrected chi connectivity index (χ0v) is 25.1. The van der Waals surface area contributed by atoms with Crippen LogP contribution in [0, 0.1) is 0 Å². The van der Waals surface area contributed by atoms with Crippen LogP contribution in [0.2, 0.25) is 0 Å². The summed E-state index contributed by atoms with van der Waals surface area (Å²) in [4.78, 5) is 30.2. The molecule has 1 saturated carbocycles. The van der Waals surface area contributed by atoms with Gasteiger partial charge in [0.1, 0.15) is 17.2 Å². The number of nitrogens with one attached hydrogen (secondary N) is 1. The van der Waals surface area contributed by atoms with Crippen molar-refractivity contribution < 1.29 is 24.2 Å². The second-order valence-electron chi connectivity index (χ2n) is 12.4. The number of aliphatic carboxylic acids is 1. The average molecular weight is 581 g/mol. The zero-order valence-electron chi connectivity index (χ0n) is 25.1. The molecule has 0 aliphatic heterocycles. The van der Waals surface area contributed by atoms with E-state index in [4.69, 9.17) is 14.5 Å². The third-order valence-electron chi connectivity index (χ3n) is 8.01. The summed E-state index contributed by atoms with van der Waals surface area (Å²) in [6.45, 7) is 6.65. The highest BCUT2D eigenvalue weighted by molar-refractivity contribution is 5.99. The van der Waals surface area contributed by atoms with Crippen molar-refractivity contribution in [1.29, 1.82) is 0 Å². The second kappa shape index (κ2) is 13.4. The third kappa shape index (κ3) is 7.79. The molecule has 1 heterocycles. The van der Waals surface area contributed by atoms with Crippen molar-refractivity contribution in [2.45, 2.75) is 76.9 Å². The standard InChI is InChI=1S/C36H40N2O5/c1-36(2,3)27-15-18-28(19-16-27)43-29-17-14-26-20-31(37-33(30(26)21-29)25-12-8-5-9-13-25)34(39)38-32(35(40)41)23-42-22-24-10-6-4-7-11-24/h4,6-7,10-11,14-21,25,32H,5,8-9,12-13,22-23H2,1-3H3,(H,38,39)(H,40,41)/t32-/m0/s1. The van der Waals surface area contributed by atoms with E-state index < -0.39 is 17.9 Å². The molecule has 1 atom stereocenters. The summed E-state index contributed by atoms with van der Waals surface area (Å²) >= 11 is 0. The Morgan fingerprint density at radius 3 is 2.30 bits per heavy atom. The molecular formula is C36H40N2O5. The lowest BCUT2D eigenvalue weighted by Crippen LogP contribution is -2.44. The van der Waals surface area contributed by atoms with E-state index in [1.165, 1.54) is 12.0 Å². The Morgan fingerprint density at radius 1 is 0.930 bits per heavy atom. The maximum absolute atomic E-state index is 13.4. The number of carbonyl (C=O) groups is 2. The topological polar surface area (TPSA) is 97.8 Å². The van der Waals surface area contributed by atoms with E-state index in [1.807, 2.05) is 60.7 Å². The van der Waals surface area contributed by atoms with Gasteiger partial charge in [-0.3, -0.25) is 4.79 Å². The number of benzene rings is 3. The van der Waals surface area contributed by atoms with E-state index in [0.717, 1.165) is 53.5 Å². The monoisotopic (exact) mass is 580 g/mol. The molecule has 43 heavy (non-hydrogen) atoms. The van der Waals surface area contributed by atoms with Crippen LogP contribution < -0.4 is 10.1 Å². The number of carboxylic acids is 1. The Labute approximate surface area is 253 Å². The number of nitrogens with zero attached hydrogens (tertiary/aromatic N) is 1. The Balaban J connectivity index is 1.38. The number of carboxylic acid groups (broad SMARTS) is 1. The minimum absolute atomic E-state index is 0.0612. The van der Waals surface area contributed by atoms with Crippen molar-refractivity contribution >= 4 is 22.6 Å². The number of hydrogen-bond donors (Lipinski definition) is 2. The molecule has 0 bridgehead atoms. The maximum Gasteiger partial charge on any atom is 0.328 e. The molecule has 1 fully saturated rings. The van der Waals surface area contributed by atoms with Crippen molar-refractivity contribution in [1.82, 2.24) is 10.3 Å². The highest BCUT2D eigenvalue weighted by Gasteiger charge is 2.25. The molecule has 224 valence electrons. The summed E-state index contributed by atoms with van der Waals surface area (Å²) in [7, 11) is 0. The zero-order chi connectivity index (χ0) is 30.4. The molecule has 1 aromatic heterocycles. The summed E-state index contributed by atoms with van der Waals surface area (Å²) in [5, 5.41) is 14.2. The molecule has 4 aromatic rings. The van der Waals surface area contributed by atoms with Gasteiger partial charge in [-0.25, -0.2) is 9.78 Å². The lowest BCUT2D eigenvalue weighted by atomic mass is 9.84. The Kier molecular flexibility index (Phi) is 9.41. The normalized spacial score (nSPS) is 14.8. The molecule has 0 saturated heterocycles. The van der Waals surface area contributed by atoms with Gasteiger partial charge >= 0.3 is 5.97 Å². The van der Waals surface area contributed by atoms with Gasteiger partial charge in [-0.1, -0.05) is 88.6 Å². The van der Waals surface area contributed by atoms with Crippen LogP contribution in [0.15, 0.2) is 78.9 Å². The molecule has 2 N–H and O–H groups in total. The first-order chi connectivity index (χ1) is 20.7. The minimum Gasteiger partial charge on any atom is -0.480 e. The van der Waals surface area contributed by atoms with E-state index >= 15 is 0 Å². The van der Waals surface area contributed by atoms with Crippen molar-refractivity contribution in [3.8, 4) is 11.5 Å². The molecule has 1 aliphatic rings. The predicted molar refractivity (Wildman–Crippen MR) is 168 cm³/mol. The van der Waals surface area contributed by atoms with Crippen LogP contribution in [0.5, 0.6) is 11.5 Å². The van der Waals surface area contributed by atoms with Gasteiger partial charge in [-0.15, -0.1) is 0 Å². The number of carbonyl (C=O) groups excluding carboxylic acids is 1. The number of pyridine rings is 1. The molecule has 1 aliphatic carbocycles. The van der Waals surface area contributed by atoms with Gasteiger partial charge in [-0.2, -0.15) is 0 Å². The van der Waals surface area contributed by atoms with Crippen molar-refractivity contribution in [3.63, 3.8) is 0 Å².